The number of hydrogen-bond acceptors (Lipinski definition) is 3. The molecule has 0 saturated heterocycles. The maximum absolute atomic E-state index is 12.1. The van der Waals surface area contributed by atoms with Gasteiger partial charge in [0.05, 0.1) is 10.7 Å². The average Bonchev–Trinajstić information content (AvgIpc) is 2.88. The van der Waals surface area contributed by atoms with Crippen LogP contribution in [-0.4, -0.2) is 28.8 Å². The zero-order chi connectivity index (χ0) is 15.9. The van der Waals surface area contributed by atoms with E-state index < -0.39 is 6.61 Å². The van der Waals surface area contributed by atoms with Crippen molar-refractivity contribution in [2.24, 2.45) is 0 Å². The van der Waals surface area contributed by atoms with Gasteiger partial charge in [0.15, 0.2) is 0 Å². The smallest absolute Gasteiger partial charge is 0.387 e. The summed E-state index contributed by atoms with van der Waals surface area (Å²) in [5, 5.41) is 6.82. The van der Waals surface area contributed by atoms with Gasteiger partial charge in [0.2, 0.25) is 0 Å². The molecule has 0 bridgehead atoms. The first-order valence-electron chi connectivity index (χ1n) is 6.55. The normalized spacial score (nSPS) is 10.7. The Hall–Kier alpha value is -1.96. The highest BCUT2D eigenvalue weighted by atomic mass is 79.9. The zero-order valence-corrected chi connectivity index (χ0v) is 13.1. The highest BCUT2D eigenvalue weighted by Crippen LogP contribution is 2.15. The number of halogens is 3. The van der Waals surface area contributed by atoms with Gasteiger partial charge in [0.1, 0.15) is 5.75 Å². The van der Waals surface area contributed by atoms with Crippen molar-refractivity contribution >= 4 is 21.8 Å². The third-order valence-corrected chi connectivity index (χ3v) is 3.18. The van der Waals surface area contributed by atoms with Crippen LogP contribution in [0.4, 0.5) is 8.78 Å². The molecule has 0 aliphatic carbocycles. The van der Waals surface area contributed by atoms with E-state index in [1.807, 2.05) is 6.20 Å². The summed E-state index contributed by atoms with van der Waals surface area (Å²) in [5.74, 6) is -0.370. The number of nitrogens with one attached hydrogen (secondary N) is 1. The Labute approximate surface area is 134 Å². The van der Waals surface area contributed by atoms with Gasteiger partial charge >= 0.3 is 6.61 Å². The van der Waals surface area contributed by atoms with Gasteiger partial charge in [0, 0.05) is 24.8 Å². The monoisotopic (exact) mass is 373 g/mol. The third-order valence-electron chi connectivity index (χ3n) is 2.77. The largest absolute Gasteiger partial charge is 0.435 e. The van der Waals surface area contributed by atoms with Crippen LogP contribution < -0.4 is 10.1 Å². The molecule has 1 heterocycles. The summed E-state index contributed by atoms with van der Waals surface area (Å²) in [6, 6.07) is 5.69. The fourth-order valence-electron chi connectivity index (χ4n) is 1.82. The molecular weight excluding hydrogens is 360 g/mol. The zero-order valence-electron chi connectivity index (χ0n) is 11.5. The Balaban J connectivity index is 1.79. The van der Waals surface area contributed by atoms with Crippen molar-refractivity contribution < 1.29 is 18.3 Å². The van der Waals surface area contributed by atoms with Gasteiger partial charge < -0.3 is 10.1 Å². The van der Waals surface area contributed by atoms with Crippen molar-refractivity contribution in [3.8, 4) is 5.75 Å². The molecule has 0 unspecified atom stereocenters. The molecule has 8 heteroatoms. The third kappa shape index (κ3) is 5.10. The van der Waals surface area contributed by atoms with Crippen LogP contribution >= 0.6 is 15.9 Å². The maximum atomic E-state index is 12.1. The van der Waals surface area contributed by atoms with Crippen molar-refractivity contribution in [3.05, 3.63) is 46.7 Å². The molecule has 1 aromatic heterocycles. The molecule has 22 heavy (non-hydrogen) atoms. The van der Waals surface area contributed by atoms with E-state index in [1.165, 1.54) is 24.3 Å². The molecule has 0 aliphatic rings. The standard InChI is InChI=1S/C14H14BrF2N3O2/c15-11-8-19-20(9-11)6-2-5-18-13(21)10-3-1-4-12(7-10)22-14(16)17/h1,3-4,7-9,14H,2,5-6H2,(H,18,21). The van der Waals surface area contributed by atoms with E-state index in [0.717, 1.165) is 4.47 Å². The molecule has 0 atom stereocenters. The van der Waals surface area contributed by atoms with Crippen molar-refractivity contribution in [2.45, 2.75) is 19.6 Å². The number of carbonyl (C=O) groups excluding carboxylic acids is 1. The van der Waals surface area contributed by atoms with E-state index in [-0.39, 0.29) is 17.2 Å². The molecule has 118 valence electrons. The predicted molar refractivity (Wildman–Crippen MR) is 80.0 cm³/mol. The molecule has 0 aliphatic heterocycles. The van der Waals surface area contributed by atoms with E-state index in [9.17, 15) is 13.6 Å². The van der Waals surface area contributed by atoms with Crippen LogP contribution in [0.15, 0.2) is 41.1 Å². The lowest BCUT2D eigenvalue weighted by atomic mass is 10.2. The van der Waals surface area contributed by atoms with Crippen molar-refractivity contribution in [1.82, 2.24) is 15.1 Å². The lowest BCUT2D eigenvalue weighted by Gasteiger charge is -2.08. The second-order valence-corrected chi connectivity index (χ2v) is 5.35. The number of aryl methyl sites for hydroxylation is 1. The Kier molecular flexibility index (Phi) is 5.88. The Morgan fingerprint density at radius 2 is 2.27 bits per heavy atom. The molecule has 1 aromatic carbocycles. The van der Waals surface area contributed by atoms with E-state index >= 15 is 0 Å². The SMILES string of the molecule is O=C(NCCCn1cc(Br)cn1)c1cccc(OC(F)F)c1. The van der Waals surface area contributed by atoms with Gasteiger partial charge in [-0.2, -0.15) is 13.9 Å². The summed E-state index contributed by atoms with van der Waals surface area (Å²) in [5.41, 5.74) is 0.278. The lowest BCUT2D eigenvalue weighted by molar-refractivity contribution is -0.0498. The van der Waals surface area contributed by atoms with Gasteiger partial charge in [0.25, 0.3) is 5.91 Å². The van der Waals surface area contributed by atoms with Gasteiger partial charge in [-0.3, -0.25) is 9.48 Å². The molecule has 2 rings (SSSR count). The first kappa shape index (κ1) is 16.4. The fraction of sp³-hybridized carbons (Fsp3) is 0.286. The number of amides is 1. The number of ether oxygens (including phenoxy) is 1. The number of benzene rings is 1. The second kappa shape index (κ2) is 7.88. The quantitative estimate of drug-likeness (QED) is 0.758. The number of carbonyl (C=O) groups is 1. The lowest BCUT2D eigenvalue weighted by Crippen LogP contribution is -2.25. The summed E-state index contributed by atoms with van der Waals surface area (Å²) in [6.45, 7) is -1.79. The fourth-order valence-corrected chi connectivity index (χ4v) is 2.15. The van der Waals surface area contributed by atoms with Crippen LogP contribution in [-0.2, 0) is 6.54 Å². The second-order valence-electron chi connectivity index (χ2n) is 4.44. The first-order valence-corrected chi connectivity index (χ1v) is 7.35. The summed E-state index contributed by atoms with van der Waals surface area (Å²) in [6.07, 6.45) is 4.23. The van der Waals surface area contributed by atoms with Crippen LogP contribution in [0.25, 0.3) is 0 Å². The van der Waals surface area contributed by atoms with E-state index in [0.29, 0.717) is 19.5 Å². The Morgan fingerprint density at radius 3 is 2.95 bits per heavy atom. The summed E-state index contributed by atoms with van der Waals surface area (Å²) in [7, 11) is 0. The van der Waals surface area contributed by atoms with Gasteiger partial charge in [-0.05, 0) is 40.5 Å². The highest BCUT2D eigenvalue weighted by molar-refractivity contribution is 9.10. The number of nitrogens with zero attached hydrogens (tertiary/aromatic N) is 2. The van der Waals surface area contributed by atoms with Crippen molar-refractivity contribution in [2.75, 3.05) is 6.54 Å². The maximum Gasteiger partial charge on any atom is 0.387 e. The molecule has 0 spiro atoms. The number of alkyl halides is 2. The number of rotatable bonds is 7. The van der Waals surface area contributed by atoms with E-state index in [4.69, 9.17) is 0 Å². The first-order chi connectivity index (χ1) is 10.5. The highest BCUT2D eigenvalue weighted by Gasteiger charge is 2.09. The van der Waals surface area contributed by atoms with Crippen molar-refractivity contribution in [3.63, 3.8) is 0 Å². The molecule has 0 saturated carbocycles. The molecule has 0 radical (unpaired) electrons. The molecule has 0 fully saturated rings. The van der Waals surface area contributed by atoms with Gasteiger partial charge in [-0.25, -0.2) is 0 Å². The van der Waals surface area contributed by atoms with Gasteiger partial charge in [-0.15, -0.1) is 0 Å². The summed E-state index contributed by atoms with van der Waals surface area (Å²) < 4.78 is 31.2. The van der Waals surface area contributed by atoms with Crippen LogP contribution in [0.1, 0.15) is 16.8 Å². The van der Waals surface area contributed by atoms with Crippen LogP contribution in [0, 0.1) is 0 Å². The van der Waals surface area contributed by atoms with E-state index in [1.54, 1.807) is 10.9 Å². The Morgan fingerprint density at radius 1 is 1.45 bits per heavy atom. The predicted octanol–water partition coefficient (Wildman–Crippen LogP) is 3.07. The molecule has 5 nitrogen and oxygen atoms in total. The molecular formula is C14H14BrF2N3O2. The molecule has 1 N–H and O–H groups in total. The van der Waals surface area contributed by atoms with Crippen LogP contribution in [0.2, 0.25) is 0 Å². The van der Waals surface area contributed by atoms with Crippen molar-refractivity contribution in [1.29, 1.82) is 0 Å². The molecule has 1 amide bonds. The van der Waals surface area contributed by atoms with Crippen LogP contribution in [0.5, 0.6) is 5.75 Å². The summed E-state index contributed by atoms with van der Waals surface area (Å²) in [4.78, 5) is 11.9. The number of aromatic nitrogens is 2. The Bertz CT molecular complexity index is 634. The van der Waals surface area contributed by atoms with Gasteiger partial charge in [-0.1, -0.05) is 6.07 Å². The average molecular weight is 374 g/mol. The topological polar surface area (TPSA) is 56.2 Å². The number of hydrogen-bond donors (Lipinski definition) is 1. The minimum absolute atomic E-state index is 0.0379. The van der Waals surface area contributed by atoms with E-state index in [2.05, 4.69) is 31.1 Å². The van der Waals surface area contributed by atoms with Crippen LogP contribution in [0.3, 0.4) is 0 Å². The minimum Gasteiger partial charge on any atom is -0.435 e. The molecule has 2 aromatic rings. The minimum atomic E-state index is -2.91. The summed E-state index contributed by atoms with van der Waals surface area (Å²) >= 11 is 3.30.